The van der Waals surface area contributed by atoms with Gasteiger partial charge in [0.15, 0.2) is 0 Å². The van der Waals surface area contributed by atoms with Crippen LogP contribution in [-0.2, 0) is 17.9 Å². The Morgan fingerprint density at radius 1 is 1.38 bits per heavy atom. The highest BCUT2D eigenvalue weighted by atomic mass is 32.1. The smallest absolute Gasteiger partial charge is 0.0738 e. The van der Waals surface area contributed by atoms with Crippen LogP contribution in [0, 0.1) is 0 Å². The summed E-state index contributed by atoms with van der Waals surface area (Å²) in [6.07, 6.45) is 1.76. The van der Waals surface area contributed by atoms with Crippen molar-refractivity contribution >= 4 is 21.4 Å². The lowest BCUT2D eigenvalue weighted by molar-refractivity contribution is 0.149. The van der Waals surface area contributed by atoms with Crippen molar-refractivity contribution in [3.05, 3.63) is 47.4 Å². The first kappa shape index (κ1) is 11.3. The molecule has 84 valence electrons. The molecule has 2 N–H and O–H groups in total. The normalized spacial score (nSPS) is 10.8. The zero-order valence-corrected chi connectivity index (χ0v) is 9.93. The average Bonchev–Trinajstić information content (AvgIpc) is 2.68. The van der Waals surface area contributed by atoms with Crippen molar-refractivity contribution in [1.29, 1.82) is 0 Å². The lowest BCUT2D eigenvalue weighted by Crippen LogP contribution is -2.00. The molecule has 1 aromatic heterocycles. The maximum Gasteiger partial charge on any atom is 0.0738 e. The van der Waals surface area contributed by atoms with E-state index in [1.54, 1.807) is 17.4 Å². The number of hydrogen-bond donors (Lipinski definition) is 1. The van der Waals surface area contributed by atoms with E-state index in [0.29, 0.717) is 19.8 Å². The number of thiophene rings is 1. The number of fused-ring (bicyclic) bond motifs is 1. The first-order chi connectivity index (χ1) is 7.86. The molecule has 0 saturated heterocycles. The van der Waals surface area contributed by atoms with Gasteiger partial charge in [0.25, 0.3) is 0 Å². The zero-order valence-electron chi connectivity index (χ0n) is 9.11. The molecule has 1 aromatic carbocycles. The van der Waals surface area contributed by atoms with Gasteiger partial charge >= 0.3 is 0 Å². The molecule has 0 aliphatic carbocycles. The molecule has 2 rings (SSSR count). The van der Waals surface area contributed by atoms with Crippen LogP contribution in [0.5, 0.6) is 0 Å². The Kier molecular flexibility index (Phi) is 3.72. The van der Waals surface area contributed by atoms with Crippen molar-refractivity contribution < 1.29 is 4.74 Å². The van der Waals surface area contributed by atoms with Gasteiger partial charge in [0.05, 0.1) is 13.2 Å². The predicted octanol–water partition coefficient (Wildman–Crippen LogP) is 3.06. The highest BCUT2D eigenvalue weighted by Crippen LogP contribution is 2.31. The molecule has 3 heteroatoms. The second-order valence-corrected chi connectivity index (χ2v) is 4.64. The second-order valence-electron chi connectivity index (χ2n) is 3.51. The molecule has 1 heterocycles. The first-order valence-corrected chi connectivity index (χ1v) is 6.06. The zero-order chi connectivity index (χ0) is 11.4. The summed E-state index contributed by atoms with van der Waals surface area (Å²) >= 11 is 1.75. The van der Waals surface area contributed by atoms with E-state index in [2.05, 4.69) is 18.7 Å². The topological polar surface area (TPSA) is 35.2 Å². The molecule has 2 nitrogen and oxygen atoms in total. The fraction of sp³-hybridized carbons (Fsp3) is 0.231. The van der Waals surface area contributed by atoms with Gasteiger partial charge in [-0.1, -0.05) is 24.3 Å². The van der Waals surface area contributed by atoms with Gasteiger partial charge in [0.1, 0.15) is 0 Å². The molecule has 0 aliphatic rings. The van der Waals surface area contributed by atoms with E-state index in [-0.39, 0.29) is 0 Å². The Morgan fingerprint density at radius 2 is 2.19 bits per heavy atom. The lowest BCUT2D eigenvalue weighted by Gasteiger charge is -2.03. The third-order valence-electron chi connectivity index (χ3n) is 2.45. The van der Waals surface area contributed by atoms with Crippen LogP contribution in [0.1, 0.15) is 10.4 Å². The van der Waals surface area contributed by atoms with Crippen molar-refractivity contribution in [3.63, 3.8) is 0 Å². The van der Waals surface area contributed by atoms with Crippen LogP contribution in [-0.4, -0.2) is 6.61 Å². The van der Waals surface area contributed by atoms with Gasteiger partial charge in [0.2, 0.25) is 0 Å². The number of benzene rings is 1. The van der Waals surface area contributed by atoms with Crippen molar-refractivity contribution in [2.45, 2.75) is 13.2 Å². The summed E-state index contributed by atoms with van der Waals surface area (Å²) in [6.45, 7) is 5.40. The molecule has 2 aromatic rings. The Bertz CT molecular complexity index is 490. The standard InChI is InChI=1S/C13H15NOS/c1-2-7-15-9-11-10-5-3-4-6-12(10)16-13(11)8-14/h2-6H,1,7-9,14H2. The van der Waals surface area contributed by atoms with E-state index >= 15 is 0 Å². The van der Waals surface area contributed by atoms with Crippen molar-refractivity contribution in [3.8, 4) is 0 Å². The maximum atomic E-state index is 5.75. The summed E-state index contributed by atoms with van der Waals surface area (Å²) in [5.41, 5.74) is 6.98. The summed E-state index contributed by atoms with van der Waals surface area (Å²) in [5.74, 6) is 0. The van der Waals surface area contributed by atoms with Gasteiger partial charge in [-0.15, -0.1) is 17.9 Å². The van der Waals surface area contributed by atoms with Gasteiger partial charge in [-0.3, -0.25) is 0 Å². The number of nitrogens with two attached hydrogens (primary N) is 1. The van der Waals surface area contributed by atoms with Gasteiger partial charge in [-0.05, 0) is 11.5 Å². The monoisotopic (exact) mass is 233 g/mol. The largest absolute Gasteiger partial charge is 0.373 e. The van der Waals surface area contributed by atoms with E-state index in [0.717, 1.165) is 0 Å². The molecular weight excluding hydrogens is 218 g/mol. The van der Waals surface area contributed by atoms with Crippen LogP contribution in [0.4, 0.5) is 0 Å². The van der Waals surface area contributed by atoms with Crippen LogP contribution in [0.15, 0.2) is 36.9 Å². The Hall–Kier alpha value is -1.16. The van der Waals surface area contributed by atoms with Crippen molar-refractivity contribution in [2.75, 3.05) is 6.61 Å². The molecule has 0 amide bonds. The van der Waals surface area contributed by atoms with Gasteiger partial charge < -0.3 is 10.5 Å². The minimum Gasteiger partial charge on any atom is -0.373 e. The summed E-state index contributed by atoms with van der Waals surface area (Å²) in [6, 6.07) is 8.34. The van der Waals surface area contributed by atoms with Crippen LogP contribution >= 0.6 is 11.3 Å². The summed E-state index contributed by atoms with van der Waals surface area (Å²) in [7, 11) is 0. The van der Waals surface area contributed by atoms with Crippen LogP contribution in [0.25, 0.3) is 10.1 Å². The van der Waals surface area contributed by atoms with Gasteiger partial charge in [-0.2, -0.15) is 0 Å². The van der Waals surface area contributed by atoms with E-state index < -0.39 is 0 Å². The number of hydrogen-bond acceptors (Lipinski definition) is 3. The minimum absolute atomic E-state index is 0.576. The first-order valence-electron chi connectivity index (χ1n) is 5.24. The summed E-state index contributed by atoms with van der Waals surface area (Å²) in [5, 5.41) is 1.26. The Morgan fingerprint density at radius 3 is 2.94 bits per heavy atom. The molecule has 16 heavy (non-hydrogen) atoms. The summed E-state index contributed by atoms with van der Waals surface area (Å²) < 4.78 is 6.79. The highest BCUT2D eigenvalue weighted by Gasteiger charge is 2.10. The molecule has 0 saturated carbocycles. The minimum atomic E-state index is 0.576. The van der Waals surface area contributed by atoms with Gasteiger partial charge in [0, 0.05) is 21.7 Å². The molecule has 0 aliphatic heterocycles. The van der Waals surface area contributed by atoms with E-state index in [1.807, 2.05) is 12.1 Å². The predicted molar refractivity (Wildman–Crippen MR) is 69.6 cm³/mol. The summed E-state index contributed by atoms with van der Waals surface area (Å²) in [4.78, 5) is 1.21. The van der Waals surface area contributed by atoms with Crippen LogP contribution in [0.2, 0.25) is 0 Å². The SMILES string of the molecule is C=CCOCc1c(CN)sc2ccccc12. The fourth-order valence-electron chi connectivity index (χ4n) is 1.72. The molecule has 0 fully saturated rings. The van der Waals surface area contributed by atoms with E-state index in [4.69, 9.17) is 10.5 Å². The second kappa shape index (κ2) is 5.25. The molecule has 0 atom stereocenters. The number of rotatable bonds is 5. The number of ether oxygens (including phenoxy) is 1. The quantitative estimate of drug-likeness (QED) is 0.636. The third kappa shape index (κ3) is 2.16. The molecular formula is C13H15NOS. The lowest BCUT2D eigenvalue weighted by atomic mass is 10.1. The Labute approximate surface area is 99.3 Å². The van der Waals surface area contributed by atoms with E-state index in [9.17, 15) is 0 Å². The molecule has 0 unspecified atom stereocenters. The third-order valence-corrected chi connectivity index (χ3v) is 3.68. The van der Waals surface area contributed by atoms with Gasteiger partial charge in [-0.25, -0.2) is 0 Å². The van der Waals surface area contributed by atoms with E-state index in [1.165, 1.54) is 20.5 Å². The molecule has 0 bridgehead atoms. The van der Waals surface area contributed by atoms with Crippen molar-refractivity contribution in [1.82, 2.24) is 0 Å². The van der Waals surface area contributed by atoms with Crippen LogP contribution in [0.3, 0.4) is 0 Å². The fourth-order valence-corrected chi connectivity index (χ4v) is 2.81. The average molecular weight is 233 g/mol. The highest BCUT2D eigenvalue weighted by molar-refractivity contribution is 7.19. The molecule has 0 radical (unpaired) electrons. The van der Waals surface area contributed by atoms with Crippen molar-refractivity contribution in [2.24, 2.45) is 5.73 Å². The van der Waals surface area contributed by atoms with Crippen LogP contribution < -0.4 is 5.73 Å². The maximum absolute atomic E-state index is 5.75. The Balaban J connectivity index is 2.35. The molecule has 0 spiro atoms.